The van der Waals surface area contributed by atoms with Crippen molar-refractivity contribution in [1.82, 2.24) is 0 Å². The zero-order chi connectivity index (χ0) is 14.6. The first-order valence-corrected chi connectivity index (χ1v) is 7.38. The van der Waals surface area contributed by atoms with Crippen LogP contribution in [0.25, 0.3) is 0 Å². The molecule has 0 spiro atoms. The van der Waals surface area contributed by atoms with Crippen molar-refractivity contribution in [2.24, 2.45) is 0 Å². The molecule has 0 saturated heterocycles. The number of benzene rings is 2. The molecule has 2 aromatic carbocycles. The van der Waals surface area contributed by atoms with Gasteiger partial charge in [-0.3, -0.25) is 0 Å². The third-order valence-corrected chi connectivity index (χ3v) is 4.42. The van der Waals surface area contributed by atoms with Crippen LogP contribution in [0.2, 0.25) is 0 Å². The third kappa shape index (κ3) is 4.35. The number of hydrogen-bond donors (Lipinski definition) is 0. The van der Waals surface area contributed by atoms with Gasteiger partial charge in [-0.15, -0.1) is 5.75 Å². The Balaban J connectivity index is 0.00000220. The van der Waals surface area contributed by atoms with Gasteiger partial charge in [0.15, 0.2) is 0 Å². The summed E-state index contributed by atoms with van der Waals surface area (Å²) in [5, 5.41) is 11.0. The van der Waals surface area contributed by atoms with Crippen LogP contribution in [0.5, 0.6) is 11.5 Å². The third-order valence-electron chi connectivity index (χ3n) is 2.64. The van der Waals surface area contributed by atoms with Crippen molar-refractivity contribution in [3.63, 3.8) is 0 Å². The molecule has 0 saturated carbocycles. The monoisotopic (exact) mass is 312 g/mol. The van der Waals surface area contributed by atoms with Crippen molar-refractivity contribution in [3.8, 4) is 11.5 Å². The Bertz CT molecular complexity index is 691. The van der Waals surface area contributed by atoms with Gasteiger partial charge in [-0.25, -0.2) is 8.42 Å². The van der Waals surface area contributed by atoms with E-state index in [0.717, 1.165) is 0 Å². The molecule has 0 aliphatic rings. The van der Waals surface area contributed by atoms with Gasteiger partial charge in [0.05, 0.1) is 9.79 Å². The number of hydrogen-bond acceptors (Lipinski definition) is 4. The Labute approximate surface area is 146 Å². The molecule has 0 N–H and O–H groups in total. The smallest absolute Gasteiger partial charge is 0.872 e. The number of rotatable bonds is 5. The van der Waals surface area contributed by atoms with E-state index in [2.05, 4.69) is 6.58 Å². The summed E-state index contributed by atoms with van der Waals surface area (Å²) in [6, 6.07) is 11.2. The summed E-state index contributed by atoms with van der Waals surface area (Å²) < 4.78 is 29.9. The molecule has 0 bridgehead atoms. The molecule has 0 amide bonds. The predicted molar refractivity (Wildman–Crippen MR) is 73.5 cm³/mol. The molecule has 104 valence electrons. The molecular formula is C15H13NaO4S. The topological polar surface area (TPSA) is 66.4 Å². The van der Waals surface area contributed by atoms with Crippen LogP contribution >= 0.6 is 0 Å². The van der Waals surface area contributed by atoms with E-state index in [4.69, 9.17) is 4.74 Å². The molecule has 21 heavy (non-hydrogen) atoms. The number of sulfone groups is 1. The minimum Gasteiger partial charge on any atom is -0.872 e. The summed E-state index contributed by atoms with van der Waals surface area (Å²) in [5.41, 5.74) is 0. The first-order chi connectivity index (χ1) is 9.54. The zero-order valence-corrected chi connectivity index (χ0v) is 14.5. The second-order valence-electron chi connectivity index (χ2n) is 4.05. The van der Waals surface area contributed by atoms with Crippen LogP contribution in [0.15, 0.2) is 71.0 Å². The average molecular weight is 312 g/mol. The van der Waals surface area contributed by atoms with E-state index in [1.165, 1.54) is 36.4 Å². The standard InChI is InChI=1S/C15H14O4S.Na/c1-2-11-19-13-5-9-15(10-6-13)20(17,18)14-7-3-12(16)4-8-14;/h2-10,16H,1,11H2;/q;+1/p-1. The average Bonchev–Trinajstić information content (AvgIpc) is 2.46. The molecular weight excluding hydrogens is 299 g/mol. The van der Waals surface area contributed by atoms with Crippen molar-refractivity contribution in [2.75, 3.05) is 6.61 Å². The Kier molecular flexibility index (Phi) is 6.48. The van der Waals surface area contributed by atoms with E-state index < -0.39 is 9.84 Å². The van der Waals surface area contributed by atoms with Crippen molar-refractivity contribution < 1.29 is 47.8 Å². The van der Waals surface area contributed by atoms with Crippen LogP contribution in [-0.2, 0) is 9.84 Å². The maximum Gasteiger partial charge on any atom is 1.00 e. The Morgan fingerprint density at radius 1 is 1.00 bits per heavy atom. The molecule has 2 rings (SSSR count). The van der Waals surface area contributed by atoms with Gasteiger partial charge in [0, 0.05) is 0 Å². The van der Waals surface area contributed by atoms with Crippen molar-refractivity contribution in [2.45, 2.75) is 9.79 Å². The fourth-order valence-corrected chi connectivity index (χ4v) is 2.89. The summed E-state index contributed by atoms with van der Waals surface area (Å²) >= 11 is 0. The maximum absolute atomic E-state index is 12.3. The Morgan fingerprint density at radius 3 is 1.95 bits per heavy atom. The van der Waals surface area contributed by atoms with Gasteiger partial charge in [-0.05, 0) is 36.4 Å². The molecule has 0 radical (unpaired) electrons. The van der Waals surface area contributed by atoms with Gasteiger partial charge < -0.3 is 9.84 Å². The van der Waals surface area contributed by atoms with Crippen molar-refractivity contribution >= 4 is 9.84 Å². The van der Waals surface area contributed by atoms with Crippen LogP contribution in [-0.4, -0.2) is 15.0 Å². The molecule has 2 aromatic rings. The summed E-state index contributed by atoms with van der Waals surface area (Å²) in [7, 11) is -3.61. The van der Waals surface area contributed by atoms with E-state index in [0.29, 0.717) is 12.4 Å². The zero-order valence-electron chi connectivity index (χ0n) is 11.7. The fourth-order valence-electron chi connectivity index (χ4n) is 1.63. The fraction of sp³-hybridized carbons (Fsp3) is 0.0667. The van der Waals surface area contributed by atoms with E-state index in [1.54, 1.807) is 18.2 Å². The maximum atomic E-state index is 12.3. The summed E-state index contributed by atoms with van der Waals surface area (Å²) in [6.07, 6.45) is 1.61. The van der Waals surface area contributed by atoms with Crippen molar-refractivity contribution in [3.05, 3.63) is 61.2 Å². The van der Waals surface area contributed by atoms with Crippen molar-refractivity contribution in [1.29, 1.82) is 0 Å². The van der Waals surface area contributed by atoms with Gasteiger partial charge in [-0.2, -0.15) is 0 Å². The second-order valence-corrected chi connectivity index (χ2v) is 6.00. The Hall–Kier alpha value is -1.27. The molecule has 4 nitrogen and oxygen atoms in total. The van der Waals surface area contributed by atoms with Gasteiger partial charge in [0.25, 0.3) is 0 Å². The van der Waals surface area contributed by atoms with Gasteiger partial charge in [0.2, 0.25) is 9.84 Å². The molecule has 0 aliphatic carbocycles. The van der Waals surface area contributed by atoms with Gasteiger partial charge in [0.1, 0.15) is 12.4 Å². The van der Waals surface area contributed by atoms with Crippen LogP contribution < -0.4 is 39.4 Å². The minimum atomic E-state index is -3.61. The largest absolute Gasteiger partial charge is 1.00 e. The van der Waals surface area contributed by atoms with Crippen LogP contribution in [0.1, 0.15) is 0 Å². The van der Waals surface area contributed by atoms with Gasteiger partial charge >= 0.3 is 29.6 Å². The summed E-state index contributed by atoms with van der Waals surface area (Å²) in [5.74, 6) is 0.343. The van der Waals surface area contributed by atoms with E-state index in [9.17, 15) is 13.5 Å². The normalized spacial score (nSPS) is 10.5. The first-order valence-electron chi connectivity index (χ1n) is 5.90. The summed E-state index contributed by atoms with van der Waals surface area (Å²) in [4.78, 5) is 0.249. The molecule has 0 atom stereocenters. The van der Waals surface area contributed by atoms with E-state index in [1.807, 2.05) is 0 Å². The molecule has 0 heterocycles. The molecule has 0 aliphatic heterocycles. The second kappa shape index (κ2) is 7.66. The quantitative estimate of drug-likeness (QED) is 0.533. The molecule has 0 unspecified atom stereocenters. The SMILES string of the molecule is C=CCOc1ccc(S(=O)(=O)c2ccc([O-])cc2)cc1.[Na+]. The Morgan fingerprint density at radius 2 is 1.48 bits per heavy atom. The van der Waals surface area contributed by atoms with E-state index >= 15 is 0 Å². The van der Waals surface area contributed by atoms with Crippen LogP contribution in [0.4, 0.5) is 0 Å². The predicted octanol–water partition coefficient (Wildman–Crippen LogP) is -0.838. The minimum absolute atomic E-state index is 0. The van der Waals surface area contributed by atoms with Gasteiger partial charge in [-0.1, -0.05) is 24.8 Å². The number of ether oxygens (including phenoxy) is 1. The molecule has 0 fully saturated rings. The van der Waals surface area contributed by atoms with E-state index in [-0.39, 0.29) is 45.1 Å². The molecule has 6 heteroatoms. The molecule has 0 aromatic heterocycles. The van der Waals surface area contributed by atoms with Crippen LogP contribution in [0.3, 0.4) is 0 Å². The van der Waals surface area contributed by atoms with Crippen LogP contribution in [0, 0.1) is 0 Å². The first kappa shape index (κ1) is 17.8. The summed E-state index contributed by atoms with van der Waals surface area (Å²) in [6.45, 7) is 3.89.